The van der Waals surface area contributed by atoms with Gasteiger partial charge in [-0.05, 0) is 48.7 Å². The lowest BCUT2D eigenvalue weighted by Gasteiger charge is -2.33. The summed E-state index contributed by atoms with van der Waals surface area (Å²) in [6.07, 6.45) is 1.21. The molecular weight excluding hydrogens is 538 g/mol. The Morgan fingerprint density at radius 2 is 1.97 bits per heavy atom. The second-order valence-electron chi connectivity index (χ2n) is 8.50. The highest BCUT2D eigenvalue weighted by atomic mass is 35.5. The molecule has 1 aliphatic heterocycles. The third kappa shape index (κ3) is 5.14. The van der Waals surface area contributed by atoms with Crippen molar-refractivity contribution in [3.8, 4) is 5.75 Å². The monoisotopic (exact) mass is 561 g/mol. The van der Waals surface area contributed by atoms with Crippen LogP contribution in [0.1, 0.15) is 18.4 Å². The van der Waals surface area contributed by atoms with Gasteiger partial charge in [-0.2, -0.15) is 4.31 Å². The molecule has 7 nitrogen and oxygen atoms in total. The predicted molar refractivity (Wildman–Crippen MR) is 145 cm³/mol. The van der Waals surface area contributed by atoms with Gasteiger partial charge in [-0.15, -0.1) is 11.3 Å². The molecule has 1 unspecified atom stereocenters. The molecule has 1 fully saturated rings. The summed E-state index contributed by atoms with van der Waals surface area (Å²) in [6.45, 7) is 0.850. The van der Waals surface area contributed by atoms with Crippen LogP contribution in [0.5, 0.6) is 5.75 Å². The molecule has 0 aliphatic carbocycles. The summed E-state index contributed by atoms with van der Waals surface area (Å²) in [5, 5.41) is 0.581. The lowest BCUT2D eigenvalue weighted by atomic mass is 9.98. The maximum absolute atomic E-state index is 13.9. The maximum atomic E-state index is 13.9. The molecule has 2 aromatic carbocycles. The fraction of sp³-hybridized carbons (Fsp3) is 0.280. The van der Waals surface area contributed by atoms with Gasteiger partial charge >= 0.3 is 0 Å². The van der Waals surface area contributed by atoms with E-state index in [1.165, 1.54) is 21.7 Å². The molecule has 3 heterocycles. The van der Waals surface area contributed by atoms with Gasteiger partial charge in [0.25, 0.3) is 10.0 Å². The second-order valence-corrected chi connectivity index (χ2v) is 13.4. The third-order valence-corrected chi connectivity index (χ3v) is 10.7. The number of halogens is 1. The van der Waals surface area contributed by atoms with E-state index in [1.54, 1.807) is 18.1 Å². The highest BCUT2D eigenvalue weighted by Gasteiger charge is 2.36. The van der Waals surface area contributed by atoms with Crippen molar-refractivity contribution >= 4 is 65.6 Å². The van der Waals surface area contributed by atoms with E-state index in [0.717, 1.165) is 32.9 Å². The van der Waals surface area contributed by atoms with Crippen molar-refractivity contribution in [2.45, 2.75) is 23.6 Å². The van der Waals surface area contributed by atoms with Crippen molar-refractivity contribution in [1.29, 1.82) is 0 Å². The number of sulfonamides is 1. The van der Waals surface area contributed by atoms with E-state index in [4.69, 9.17) is 21.3 Å². The molecule has 1 amide bonds. The molecule has 0 N–H and O–H groups in total. The Kier molecular flexibility index (Phi) is 7.32. The van der Waals surface area contributed by atoms with Crippen molar-refractivity contribution in [1.82, 2.24) is 9.29 Å². The average molecular weight is 562 g/mol. The fourth-order valence-electron chi connectivity index (χ4n) is 4.29. The van der Waals surface area contributed by atoms with Crippen molar-refractivity contribution in [3.63, 3.8) is 0 Å². The average Bonchev–Trinajstić information content (AvgIpc) is 3.53. The van der Waals surface area contributed by atoms with Gasteiger partial charge in [-0.25, -0.2) is 13.4 Å². The van der Waals surface area contributed by atoms with Crippen LogP contribution in [0.3, 0.4) is 0 Å². The van der Waals surface area contributed by atoms with Crippen molar-refractivity contribution in [2.75, 3.05) is 25.1 Å². The van der Waals surface area contributed by atoms with E-state index in [-0.39, 0.29) is 16.7 Å². The van der Waals surface area contributed by atoms with Gasteiger partial charge in [0.1, 0.15) is 9.96 Å². The van der Waals surface area contributed by atoms with Crippen LogP contribution < -0.4 is 9.64 Å². The Morgan fingerprint density at radius 3 is 2.69 bits per heavy atom. The lowest BCUT2D eigenvalue weighted by molar-refractivity contribution is -0.123. The van der Waals surface area contributed by atoms with Crippen LogP contribution >= 0.6 is 34.3 Å². The number of aromatic nitrogens is 1. The second kappa shape index (κ2) is 10.5. The first-order valence-corrected chi connectivity index (χ1v) is 14.9. The summed E-state index contributed by atoms with van der Waals surface area (Å²) in [6, 6.07) is 18.5. The van der Waals surface area contributed by atoms with Gasteiger partial charge in [-0.3, -0.25) is 9.69 Å². The van der Waals surface area contributed by atoms with E-state index in [1.807, 2.05) is 48.5 Å². The highest BCUT2D eigenvalue weighted by Crippen LogP contribution is 2.35. The van der Waals surface area contributed by atoms with E-state index in [0.29, 0.717) is 35.4 Å². The van der Waals surface area contributed by atoms with Gasteiger partial charge in [0, 0.05) is 13.1 Å². The summed E-state index contributed by atoms with van der Waals surface area (Å²) in [4.78, 5) is 20.4. The molecule has 0 radical (unpaired) electrons. The van der Waals surface area contributed by atoms with Crippen LogP contribution in [-0.4, -0.2) is 43.8 Å². The minimum absolute atomic E-state index is 0.126. The first kappa shape index (κ1) is 25.2. The van der Waals surface area contributed by atoms with Crippen LogP contribution in [-0.2, 0) is 21.4 Å². The Bertz CT molecular complexity index is 1490. The Hall–Kier alpha value is -2.50. The Labute approximate surface area is 223 Å². The molecule has 4 aromatic rings. The van der Waals surface area contributed by atoms with E-state index in [2.05, 4.69) is 0 Å². The molecule has 0 saturated carbocycles. The largest absolute Gasteiger partial charge is 0.497 e. The van der Waals surface area contributed by atoms with Crippen LogP contribution in [0.2, 0.25) is 4.34 Å². The van der Waals surface area contributed by atoms with Crippen LogP contribution in [0.4, 0.5) is 5.13 Å². The molecule has 0 bridgehead atoms. The molecule has 1 aliphatic rings. The minimum Gasteiger partial charge on any atom is -0.497 e. The summed E-state index contributed by atoms with van der Waals surface area (Å²) in [5.41, 5.74) is 1.75. The smallest absolute Gasteiger partial charge is 0.252 e. The number of piperidine rings is 1. The SMILES string of the molecule is COc1ccc2nc(N(Cc3ccccc3)C(=O)C3CCCN(S(=O)(=O)c4ccc(Cl)s4)C3)sc2c1. The molecule has 1 atom stereocenters. The number of ether oxygens (including phenoxy) is 1. The van der Waals surface area contributed by atoms with Gasteiger partial charge in [-0.1, -0.05) is 53.3 Å². The van der Waals surface area contributed by atoms with Gasteiger partial charge in [0.05, 0.1) is 34.1 Å². The van der Waals surface area contributed by atoms with E-state index in [9.17, 15) is 13.2 Å². The minimum atomic E-state index is -3.72. The molecule has 36 heavy (non-hydrogen) atoms. The number of hydrogen-bond donors (Lipinski definition) is 0. The number of methoxy groups -OCH3 is 1. The number of hydrogen-bond acceptors (Lipinski definition) is 7. The number of benzene rings is 2. The number of fused-ring (bicyclic) bond motifs is 1. The highest BCUT2D eigenvalue weighted by molar-refractivity contribution is 7.91. The van der Waals surface area contributed by atoms with Gasteiger partial charge < -0.3 is 4.74 Å². The molecular formula is C25H24ClN3O4S3. The number of nitrogens with zero attached hydrogens (tertiary/aromatic N) is 3. The Morgan fingerprint density at radius 1 is 1.17 bits per heavy atom. The zero-order chi connectivity index (χ0) is 25.3. The normalized spacial score (nSPS) is 16.8. The van der Waals surface area contributed by atoms with Gasteiger partial charge in [0.15, 0.2) is 5.13 Å². The topological polar surface area (TPSA) is 79.8 Å². The van der Waals surface area contributed by atoms with Crippen molar-refractivity contribution < 1.29 is 17.9 Å². The number of thiophene rings is 1. The maximum Gasteiger partial charge on any atom is 0.252 e. The number of carbonyl (C=O) groups is 1. The predicted octanol–water partition coefficient (Wildman–Crippen LogP) is 5.65. The first-order chi connectivity index (χ1) is 17.3. The summed E-state index contributed by atoms with van der Waals surface area (Å²) >= 11 is 8.44. The molecule has 0 spiro atoms. The Balaban J connectivity index is 1.45. The fourth-order valence-corrected chi connectivity index (χ4v) is 8.45. The van der Waals surface area contributed by atoms with Crippen LogP contribution in [0.15, 0.2) is 64.9 Å². The lowest BCUT2D eigenvalue weighted by Crippen LogP contribution is -2.46. The third-order valence-electron chi connectivity index (χ3n) is 6.14. The zero-order valence-corrected chi connectivity index (χ0v) is 22.7. The first-order valence-electron chi connectivity index (χ1n) is 11.4. The zero-order valence-electron chi connectivity index (χ0n) is 19.5. The molecule has 5 rings (SSSR count). The van der Waals surface area contributed by atoms with Crippen LogP contribution in [0, 0.1) is 5.92 Å². The molecule has 11 heteroatoms. The number of thiazole rings is 1. The molecule has 188 valence electrons. The van der Waals surface area contributed by atoms with E-state index >= 15 is 0 Å². The van der Waals surface area contributed by atoms with Gasteiger partial charge in [0.2, 0.25) is 5.91 Å². The quantitative estimate of drug-likeness (QED) is 0.291. The van der Waals surface area contributed by atoms with E-state index < -0.39 is 15.9 Å². The van der Waals surface area contributed by atoms with Crippen molar-refractivity contribution in [3.05, 3.63) is 70.6 Å². The van der Waals surface area contributed by atoms with Crippen molar-refractivity contribution in [2.24, 2.45) is 5.92 Å². The number of rotatable bonds is 7. The molecule has 1 saturated heterocycles. The number of anilines is 1. The standard InChI is InChI=1S/C25H24ClN3O4S3/c1-33-19-9-10-20-21(14-19)34-25(27-20)29(15-17-6-3-2-4-7-17)24(30)18-8-5-13-28(16-18)36(31,32)23-12-11-22(26)35-23/h2-4,6-7,9-12,14,18H,5,8,13,15-16H2,1H3. The summed E-state index contributed by atoms with van der Waals surface area (Å²) in [7, 11) is -2.10. The number of amides is 1. The van der Waals surface area contributed by atoms with Crippen LogP contribution in [0.25, 0.3) is 10.2 Å². The number of carbonyl (C=O) groups excluding carboxylic acids is 1. The molecule has 2 aromatic heterocycles. The summed E-state index contributed by atoms with van der Waals surface area (Å²) in [5.74, 6) is 0.114. The summed E-state index contributed by atoms with van der Waals surface area (Å²) < 4.78 is 34.7.